The Morgan fingerprint density at radius 2 is 1.82 bits per heavy atom. The molecular weight excluding hydrogens is 134 g/mol. The van der Waals surface area contributed by atoms with Crippen LogP contribution in [0, 0.1) is 10.8 Å². The average molecular weight is 155 g/mol. The highest BCUT2D eigenvalue weighted by molar-refractivity contribution is 4.98. The van der Waals surface area contributed by atoms with E-state index in [0.29, 0.717) is 10.8 Å². The molecule has 0 aromatic heterocycles. The Balaban J connectivity index is 2.41. The number of hydrogen-bond donors (Lipinski definition) is 1. The Labute approximate surface area is 70.6 Å². The third kappa shape index (κ3) is 1.44. The molecule has 1 heteroatoms. The zero-order chi connectivity index (χ0) is 8.54. The largest absolute Gasteiger partial charge is 0.320 e. The lowest BCUT2D eigenvalue weighted by atomic mass is 9.51. The van der Waals surface area contributed by atoms with Gasteiger partial charge in [-0.1, -0.05) is 20.8 Å². The van der Waals surface area contributed by atoms with Crippen molar-refractivity contribution < 1.29 is 0 Å². The second-order valence-corrected chi connectivity index (χ2v) is 4.80. The molecule has 0 radical (unpaired) electrons. The molecule has 1 fully saturated rings. The Bertz CT molecular complexity index is 140. The van der Waals surface area contributed by atoms with E-state index in [4.69, 9.17) is 0 Å². The van der Waals surface area contributed by atoms with Crippen molar-refractivity contribution in [2.24, 2.45) is 10.8 Å². The highest BCUT2D eigenvalue weighted by Gasteiger charge is 2.48. The summed E-state index contributed by atoms with van der Waals surface area (Å²) in [6, 6.07) is 0. The van der Waals surface area contributed by atoms with Crippen LogP contribution in [0.5, 0.6) is 0 Å². The topological polar surface area (TPSA) is 12.0 Å². The summed E-state index contributed by atoms with van der Waals surface area (Å²) in [5, 5.41) is 3.23. The molecule has 1 rings (SSSR count). The molecule has 0 amide bonds. The fourth-order valence-corrected chi connectivity index (χ4v) is 1.92. The molecule has 1 aliphatic carbocycles. The van der Waals surface area contributed by atoms with E-state index in [1.165, 1.54) is 25.8 Å². The highest BCUT2D eigenvalue weighted by Crippen LogP contribution is 2.57. The third-order valence-corrected chi connectivity index (χ3v) is 3.86. The van der Waals surface area contributed by atoms with Gasteiger partial charge in [0.2, 0.25) is 0 Å². The standard InChI is InChI=1S/C10H21N/c1-9(2)5-6-10(9,3)7-8-11-4/h11H,5-8H2,1-4H3. The molecule has 0 aromatic carbocycles. The van der Waals surface area contributed by atoms with Crippen molar-refractivity contribution >= 4 is 0 Å². The molecule has 0 aromatic rings. The second-order valence-electron chi connectivity index (χ2n) is 4.80. The smallest absolute Gasteiger partial charge is 0.00465 e. The van der Waals surface area contributed by atoms with Crippen LogP contribution in [0.1, 0.15) is 40.0 Å². The summed E-state index contributed by atoms with van der Waals surface area (Å²) in [7, 11) is 2.04. The maximum Gasteiger partial charge on any atom is -0.00465 e. The van der Waals surface area contributed by atoms with Crippen molar-refractivity contribution in [3.8, 4) is 0 Å². The summed E-state index contributed by atoms with van der Waals surface area (Å²) in [6.07, 6.45) is 4.16. The zero-order valence-corrected chi connectivity index (χ0v) is 8.33. The Hall–Kier alpha value is -0.0400. The first kappa shape index (κ1) is 9.05. The molecule has 0 saturated heterocycles. The average Bonchev–Trinajstić information content (AvgIpc) is 1.98. The second kappa shape index (κ2) is 2.78. The van der Waals surface area contributed by atoms with Crippen molar-refractivity contribution in [1.29, 1.82) is 0 Å². The van der Waals surface area contributed by atoms with Gasteiger partial charge < -0.3 is 5.32 Å². The highest BCUT2D eigenvalue weighted by atomic mass is 14.8. The molecule has 1 aliphatic rings. The van der Waals surface area contributed by atoms with Crippen molar-refractivity contribution in [3.05, 3.63) is 0 Å². The van der Waals surface area contributed by atoms with Gasteiger partial charge in [-0.05, 0) is 43.7 Å². The van der Waals surface area contributed by atoms with Crippen LogP contribution in [0.4, 0.5) is 0 Å². The summed E-state index contributed by atoms with van der Waals surface area (Å²) in [5.74, 6) is 0. The van der Waals surface area contributed by atoms with Crippen LogP contribution in [-0.4, -0.2) is 13.6 Å². The minimum Gasteiger partial charge on any atom is -0.320 e. The van der Waals surface area contributed by atoms with Gasteiger partial charge in [0, 0.05) is 0 Å². The van der Waals surface area contributed by atoms with Gasteiger partial charge in [-0.2, -0.15) is 0 Å². The van der Waals surface area contributed by atoms with Gasteiger partial charge in [-0.3, -0.25) is 0 Å². The van der Waals surface area contributed by atoms with E-state index in [0.717, 1.165) is 0 Å². The van der Waals surface area contributed by atoms with E-state index in [9.17, 15) is 0 Å². The van der Waals surface area contributed by atoms with Crippen LogP contribution in [0.3, 0.4) is 0 Å². The molecule has 0 bridgehead atoms. The van der Waals surface area contributed by atoms with E-state index in [-0.39, 0.29) is 0 Å². The fraction of sp³-hybridized carbons (Fsp3) is 1.00. The minimum absolute atomic E-state index is 0.587. The van der Waals surface area contributed by atoms with Crippen LogP contribution in [0.2, 0.25) is 0 Å². The normalized spacial score (nSPS) is 34.9. The number of hydrogen-bond acceptors (Lipinski definition) is 1. The molecule has 0 spiro atoms. The van der Waals surface area contributed by atoms with Crippen molar-refractivity contribution in [2.75, 3.05) is 13.6 Å². The predicted molar refractivity (Wildman–Crippen MR) is 49.7 cm³/mol. The van der Waals surface area contributed by atoms with Gasteiger partial charge in [-0.25, -0.2) is 0 Å². The molecule has 0 heterocycles. The minimum atomic E-state index is 0.587. The lowest BCUT2D eigenvalue weighted by Crippen LogP contribution is -2.46. The van der Waals surface area contributed by atoms with E-state index < -0.39 is 0 Å². The van der Waals surface area contributed by atoms with Crippen LogP contribution in [0.15, 0.2) is 0 Å². The maximum absolute atomic E-state index is 3.23. The first-order chi connectivity index (χ1) is 5.02. The summed E-state index contributed by atoms with van der Waals surface area (Å²) >= 11 is 0. The molecule has 1 atom stereocenters. The number of rotatable bonds is 3. The first-order valence-electron chi connectivity index (χ1n) is 4.66. The van der Waals surface area contributed by atoms with Crippen molar-refractivity contribution in [1.82, 2.24) is 5.32 Å². The van der Waals surface area contributed by atoms with Crippen LogP contribution in [-0.2, 0) is 0 Å². The van der Waals surface area contributed by atoms with E-state index in [1.807, 2.05) is 7.05 Å². The van der Waals surface area contributed by atoms with Crippen LogP contribution >= 0.6 is 0 Å². The zero-order valence-electron chi connectivity index (χ0n) is 8.33. The Morgan fingerprint density at radius 1 is 1.18 bits per heavy atom. The lowest BCUT2D eigenvalue weighted by molar-refractivity contribution is -0.0406. The number of nitrogens with one attached hydrogen (secondary N) is 1. The summed E-state index contributed by atoms with van der Waals surface area (Å²) in [5.41, 5.74) is 1.19. The molecule has 0 aliphatic heterocycles. The molecule has 1 nitrogen and oxygen atoms in total. The van der Waals surface area contributed by atoms with Gasteiger partial charge in [0.15, 0.2) is 0 Å². The Kier molecular flexibility index (Phi) is 2.29. The molecule has 11 heavy (non-hydrogen) atoms. The molecule has 1 saturated carbocycles. The van der Waals surface area contributed by atoms with Crippen molar-refractivity contribution in [2.45, 2.75) is 40.0 Å². The molecule has 1 unspecified atom stereocenters. The van der Waals surface area contributed by atoms with Gasteiger partial charge in [0.1, 0.15) is 0 Å². The van der Waals surface area contributed by atoms with Gasteiger partial charge in [0.25, 0.3) is 0 Å². The van der Waals surface area contributed by atoms with E-state index in [2.05, 4.69) is 26.1 Å². The lowest BCUT2D eigenvalue weighted by Gasteiger charge is -2.55. The fourth-order valence-electron chi connectivity index (χ4n) is 1.92. The van der Waals surface area contributed by atoms with Gasteiger partial charge in [0.05, 0.1) is 0 Å². The summed E-state index contributed by atoms with van der Waals surface area (Å²) < 4.78 is 0. The molecular formula is C10H21N. The van der Waals surface area contributed by atoms with Gasteiger partial charge >= 0.3 is 0 Å². The predicted octanol–water partition coefficient (Wildman–Crippen LogP) is 2.42. The summed E-state index contributed by atoms with van der Waals surface area (Å²) in [6.45, 7) is 8.38. The molecule has 1 N–H and O–H groups in total. The Morgan fingerprint density at radius 3 is 2.09 bits per heavy atom. The van der Waals surface area contributed by atoms with Crippen LogP contribution < -0.4 is 5.32 Å². The van der Waals surface area contributed by atoms with Crippen molar-refractivity contribution in [3.63, 3.8) is 0 Å². The maximum atomic E-state index is 3.23. The van der Waals surface area contributed by atoms with E-state index >= 15 is 0 Å². The van der Waals surface area contributed by atoms with Gasteiger partial charge in [-0.15, -0.1) is 0 Å². The SMILES string of the molecule is CNCCC1(C)CCC1(C)C. The summed E-state index contributed by atoms with van der Waals surface area (Å²) in [4.78, 5) is 0. The van der Waals surface area contributed by atoms with E-state index in [1.54, 1.807) is 0 Å². The first-order valence-corrected chi connectivity index (χ1v) is 4.66. The quantitative estimate of drug-likeness (QED) is 0.660. The third-order valence-electron chi connectivity index (χ3n) is 3.86. The molecule has 66 valence electrons. The van der Waals surface area contributed by atoms with Crippen LogP contribution in [0.25, 0.3) is 0 Å². The monoisotopic (exact) mass is 155 g/mol.